The van der Waals surface area contributed by atoms with Crippen LogP contribution >= 0.6 is 0 Å². The van der Waals surface area contributed by atoms with Crippen LogP contribution in [0, 0.1) is 0 Å². The predicted molar refractivity (Wildman–Crippen MR) is 77.6 cm³/mol. The van der Waals surface area contributed by atoms with E-state index in [9.17, 15) is 4.79 Å². The monoisotopic (exact) mass is 254 g/mol. The van der Waals surface area contributed by atoms with Gasteiger partial charge >= 0.3 is 5.97 Å². The Hall–Kier alpha value is -0.790. The highest BCUT2D eigenvalue weighted by molar-refractivity contribution is 5.81. The molecule has 106 valence electrons. The minimum atomic E-state index is -0.202. The fraction of sp³-hybridized carbons (Fsp3) is 0.812. The lowest BCUT2D eigenvalue weighted by Crippen LogP contribution is -2.11. The number of carbonyl (C=O) groups is 1. The molecule has 0 bridgehead atoms. The van der Waals surface area contributed by atoms with Gasteiger partial charge in [0.05, 0.1) is 6.10 Å². The van der Waals surface area contributed by atoms with E-state index in [4.69, 9.17) is 4.74 Å². The Labute approximate surface area is 113 Å². The van der Waals surface area contributed by atoms with Crippen LogP contribution in [0.5, 0.6) is 0 Å². The highest BCUT2D eigenvalue weighted by Crippen LogP contribution is 2.08. The minimum Gasteiger partial charge on any atom is -0.460 e. The van der Waals surface area contributed by atoms with E-state index in [-0.39, 0.29) is 12.1 Å². The van der Waals surface area contributed by atoms with Crippen molar-refractivity contribution in [2.24, 2.45) is 0 Å². The number of carbonyl (C=O) groups excluding carboxylic acids is 1. The first-order valence-corrected chi connectivity index (χ1v) is 7.57. The minimum absolute atomic E-state index is 0.0284. The molecule has 18 heavy (non-hydrogen) atoms. The molecular weight excluding hydrogens is 224 g/mol. The highest BCUT2D eigenvalue weighted by atomic mass is 16.5. The second-order valence-electron chi connectivity index (χ2n) is 4.97. The lowest BCUT2D eigenvalue weighted by atomic mass is 10.1. The fourth-order valence-corrected chi connectivity index (χ4v) is 1.72. The molecular formula is C16H30O2. The van der Waals surface area contributed by atoms with Gasteiger partial charge in [-0.05, 0) is 26.2 Å². The third-order valence-corrected chi connectivity index (χ3v) is 3.12. The first-order chi connectivity index (χ1) is 8.70. The van der Waals surface area contributed by atoms with Crippen LogP contribution < -0.4 is 0 Å². The standard InChI is InChI=1S/C16H30O2/c1-4-6-7-8-9-10-11-12-13-14-16(17)18-15(3)5-2/h13-15H,4-12H2,1-3H3/t15-/m1/s1. The number of allylic oxidation sites excluding steroid dienone is 1. The third kappa shape index (κ3) is 11.7. The van der Waals surface area contributed by atoms with Crippen molar-refractivity contribution in [3.05, 3.63) is 12.2 Å². The zero-order valence-electron chi connectivity index (χ0n) is 12.4. The van der Waals surface area contributed by atoms with Crippen molar-refractivity contribution in [2.75, 3.05) is 0 Å². The van der Waals surface area contributed by atoms with Gasteiger partial charge in [0.1, 0.15) is 0 Å². The summed E-state index contributed by atoms with van der Waals surface area (Å²) in [6, 6.07) is 0. The van der Waals surface area contributed by atoms with Gasteiger partial charge in [0, 0.05) is 6.08 Å². The van der Waals surface area contributed by atoms with Crippen molar-refractivity contribution in [2.45, 2.75) is 84.7 Å². The summed E-state index contributed by atoms with van der Waals surface area (Å²) >= 11 is 0. The van der Waals surface area contributed by atoms with E-state index in [1.165, 1.54) is 44.9 Å². The summed E-state index contributed by atoms with van der Waals surface area (Å²) < 4.78 is 5.15. The molecule has 0 saturated heterocycles. The molecule has 0 aliphatic heterocycles. The number of rotatable bonds is 11. The zero-order valence-corrected chi connectivity index (χ0v) is 12.4. The van der Waals surface area contributed by atoms with E-state index in [0.717, 1.165) is 12.8 Å². The summed E-state index contributed by atoms with van der Waals surface area (Å²) in [4.78, 5) is 11.3. The van der Waals surface area contributed by atoms with Gasteiger partial charge in [-0.3, -0.25) is 0 Å². The molecule has 0 unspecified atom stereocenters. The van der Waals surface area contributed by atoms with E-state index >= 15 is 0 Å². The van der Waals surface area contributed by atoms with Gasteiger partial charge in [-0.25, -0.2) is 4.79 Å². The molecule has 0 fully saturated rings. The van der Waals surface area contributed by atoms with E-state index in [0.29, 0.717) is 0 Å². The Kier molecular flexibility index (Phi) is 12.1. The number of hydrogen-bond acceptors (Lipinski definition) is 2. The topological polar surface area (TPSA) is 26.3 Å². The van der Waals surface area contributed by atoms with Crippen LogP contribution in [0.15, 0.2) is 12.2 Å². The van der Waals surface area contributed by atoms with E-state index in [1.54, 1.807) is 6.08 Å². The summed E-state index contributed by atoms with van der Waals surface area (Å²) in [6.07, 6.45) is 14.6. The molecule has 1 atom stereocenters. The summed E-state index contributed by atoms with van der Waals surface area (Å²) in [5.41, 5.74) is 0. The van der Waals surface area contributed by atoms with Crippen LogP contribution in [0.2, 0.25) is 0 Å². The summed E-state index contributed by atoms with van der Waals surface area (Å²) in [6.45, 7) is 6.17. The highest BCUT2D eigenvalue weighted by Gasteiger charge is 2.02. The molecule has 0 aliphatic rings. The number of hydrogen-bond donors (Lipinski definition) is 0. The van der Waals surface area contributed by atoms with Gasteiger partial charge in [0.25, 0.3) is 0 Å². The molecule has 0 aromatic carbocycles. The largest absolute Gasteiger partial charge is 0.460 e. The van der Waals surface area contributed by atoms with Crippen LogP contribution in [-0.4, -0.2) is 12.1 Å². The average Bonchev–Trinajstić information content (AvgIpc) is 2.36. The molecule has 0 rings (SSSR count). The first-order valence-electron chi connectivity index (χ1n) is 7.57. The molecule has 0 N–H and O–H groups in total. The lowest BCUT2D eigenvalue weighted by Gasteiger charge is -2.07. The summed E-state index contributed by atoms with van der Waals surface area (Å²) in [5, 5.41) is 0. The second kappa shape index (κ2) is 12.7. The van der Waals surface area contributed by atoms with Crippen molar-refractivity contribution in [1.29, 1.82) is 0 Å². The molecule has 0 aromatic heterocycles. The van der Waals surface area contributed by atoms with Gasteiger partial charge in [-0.15, -0.1) is 0 Å². The van der Waals surface area contributed by atoms with Gasteiger partial charge in [0.2, 0.25) is 0 Å². The molecule has 0 heterocycles. The Morgan fingerprint density at radius 3 is 2.28 bits per heavy atom. The molecule has 0 aromatic rings. The van der Waals surface area contributed by atoms with Crippen LogP contribution in [0.1, 0.15) is 78.6 Å². The third-order valence-electron chi connectivity index (χ3n) is 3.12. The van der Waals surface area contributed by atoms with Crippen LogP contribution in [0.4, 0.5) is 0 Å². The Balaban J connectivity index is 3.34. The smallest absolute Gasteiger partial charge is 0.330 e. The SMILES string of the molecule is CCCCCCCCCC=CC(=O)O[C@H](C)CC. The maximum atomic E-state index is 11.3. The zero-order chi connectivity index (χ0) is 13.6. The maximum Gasteiger partial charge on any atom is 0.330 e. The number of ether oxygens (including phenoxy) is 1. The Morgan fingerprint density at radius 1 is 1.06 bits per heavy atom. The van der Waals surface area contributed by atoms with Crippen molar-refractivity contribution in [3.63, 3.8) is 0 Å². The normalized spacial score (nSPS) is 12.8. The lowest BCUT2D eigenvalue weighted by molar-refractivity contribution is -0.142. The van der Waals surface area contributed by atoms with E-state index in [2.05, 4.69) is 6.92 Å². The second-order valence-corrected chi connectivity index (χ2v) is 4.97. The van der Waals surface area contributed by atoms with E-state index in [1.807, 2.05) is 19.9 Å². The number of esters is 1. The first kappa shape index (κ1) is 17.2. The van der Waals surface area contributed by atoms with Crippen molar-refractivity contribution < 1.29 is 9.53 Å². The molecule has 2 heteroatoms. The van der Waals surface area contributed by atoms with Crippen LogP contribution in [0.3, 0.4) is 0 Å². The molecule has 0 radical (unpaired) electrons. The molecule has 2 nitrogen and oxygen atoms in total. The van der Waals surface area contributed by atoms with Gasteiger partial charge in [-0.2, -0.15) is 0 Å². The van der Waals surface area contributed by atoms with Gasteiger partial charge in [-0.1, -0.05) is 58.4 Å². The Morgan fingerprint density at radius 2 is 1.67 bits per heavy atom. The average molecular weight is 254 g/mol. The van der Waals surface area contributed by atoms with Gasteiger partial charge in [0.15, 0.2) is 0 Å². The van der Waals surface area contributed by atoms with Crippen LogP contribution in [0.25, 0.3) is 0 Å². The molecule has 0 aliphatic carbocycles. The summed E-state index contributed by atoms with van der Waals surface area (Å²) in [7, 11) is 0. The van der Waals surface area contributed by atoms with Crippen molar-refractivity contribution in [3.8, 4) is 0 Å². The molecule has 0 spiro atoms. The van der Waals surface area contributed by atoms with E-state index < -0.39 is 0 Å². The fourth-order valence-electron chi connectivity index (χ4n) is 1.72. The van der Waals surface area contributed by atoms with Gasteiger partial charge < -0.3 is 4.74 Å². The van der Waals surface area contributed by atoms with Crippen molar-refractivity contribution in [1.82, 2.24) is 0 Å². The molecule has 0 saturated carbocycles. The number of unbranched alkanes of at least 4 members (excludes halogenated alkanes) is 7. The summed E-state index contributed by atoms with van der Waals surface area (Å²) in [5.74, 6) is -0.202. The maximum absolute atomic E-state index is 11.3. The predicted octanol–water partition coefficient (Wildman–Crippen LogP) is 5.03. The quantitative estimate of drug-likeness (QED) is 0.294. The van der Waals surface area contributed by atoms with Crippen molar-refractivity contribution >= 4 is 5.97 Å². The Bertz CT molecular complexity index is 221. The van der Waals surface area contributed by atoms with Crippen LogP contribution in [-0.2, 0) is 9.53 Å². The molecule has 0 amide bonds.